The lowest BCUT2D eigenvalue weighted by Gasteiger charge is -2.34. The van der Waals surface area contributed by atoms with Gasteiger partial charge in [0.1, 0.15) is 0 Å². The first-order chi connectivity index (χ1) is 7.49. The van der Waals surface area contributed by atoms with E-state index in [-0.39, 0.29) is 18.5 Å². The standard InChI is InChI=1S/C11H20N2O3/c1-8(14)12-9-3-5-10(6-4-9)13(2)7-11(15)16/h9-10H,3-7H2,1-2H3,(H,12,14)(H,15,16). The second-order valence-electron chi connectivity index (χ2n) is 4.51. The minimum atomic E-state index is -0.786. The molecule has 1 amide bonds. The number of likely N-dealkylation sites (N-methyl/N-ethyl adjacent to an activating group) is 1. The number of nitrogens with zero attached hydrogens (tertiary/aromatic N) is 1. The summed E-state index contributed by atoms with van der Waals surface area (Å²) in [4.78, 5) is 23.3. The van der Waals surface area contributed by atoms with E-state index in [2.05, 4.69) is 5.32 Å². The molecule has 5 nitrogen and oxygen atoms in total. The molecule has 0 aromatic carbocycles. The highest BCUT2D eigenvalue weighted by atomic mass is 16.4. The molecule has 0 bridgehead atoms. The number of carbonyl (C=O) groups is 2. The summed E-state index contributed by atoms with van der Waals surface area (Å²) in [7, 11) is 1.84. The van der Waals surface area contributed by atoms with Crippen LogP contribution >= 0.6 is 0 Å². The monoisotopic (exact) mass is 228 g/mol. The van der Waals surface area contributed by atoms with Gasteiger partial charge in [0.15, 0.2) is 0 Å². The van der Waals surface area contributed by atoms with E-state index in [0.29, 0.717) is 6.04 Å². The smallest absolute Gasteiger partial charge is 0.317 e. The second kappa shape index (κ2) is 5.84. The Hall–Kier alpha value is -1.10. The van der Waals surface area contributed by atoms with Crippen LogP contribution in [0.25, 0.3) is 0 Å². The minimum Gasteiger partial charge on any atom is -0.480 e. The molecule has 0 aliphatic heterocycles. The molecule has 0 aromatic heterocycles. The van der Waals surface area contributed by atoms with E-state index in [1.807, 2.05) is 11.9 Å². The molecular weight excluding hydrogens is 208 g/mol. The summed E-state index contributed by atoms with van der Waals surface area (Å²) in [6.07, 6.45) is 3.78. The van der Waals surface area contributed by atoms with Gasteiger partial charge in [0.2, 0.25) is 5.91 Å². The van der Waals surface area contributed by atoms with E-state index >= 15 is 0 Å². The van der Waals surface area contributed by atoms with E-state index in [9.17, 15) is 9.59 Å². The summed E-state index contributed by atoms with van der Waals surface area (Å²) >= 11 is 0. The number of aliphatic carboxylic acids is 1. The van der Waals surface area contributed by atoms with Crippen molar-refractivity contribution in [1.82, 2.24) is 10.2 Å². The number of carboxylic acids is 1. The molecule has 0 radical (unpaired) electrons. The van der Waals surface area contributed by atoms with Crippen molar-refractivity contribution < 1.29 is 14.7 Å². The van der Waals surface area contributed by atoms with Crippen molar-refractivity contribution in [1.29, 1.82) is 0 Å². The average Bonchev–Trinajstić information content (AvgIpc) is 2.16. The Kier molecular flexibility index (Phi) is 4.73. The van der Waals surface area contributed by atoms with Crippen molar-refractivity contribution in [2.24, 2.45) is 0 Å². The first kappa shape index (κ1) is 13.0. The van der Waals surface area contributed by atoms with Crippen LogP contribution in [-0.4, -0.2) is 47.6 Å². The quantitative estimate of drug-likeness (QED) is 0.733. The normalized spacial score (nSPS) is 25.4. The Morgan fingerprint density at radius 3 is 2.31 bits per heavy atom. The van der Waals surface area contributed by atoms with Gasteiger partial charge in [-0.25, -0.2) is 0 Å². The fraction of sp³-hybridized carbons (Fsp3) is 0.818. The molecular formula is C11H20N2O3. The molecule has 0 spiro atoms. The van der Waals surface area contributed by atoms with Crippen LogP contribution in [-0.2, 0) is 9.59 Å². The number of nitrogens with one attached hydrogen (secondary N) is 1. The van der Waals surface area contributed by atoms with Crippen LogP contribution in [0.2, 0.25) is 0 Å². The fourth-order valence-electron chi connectivity index (χ4n) is 2.29. The topological polar surface area (TPSA) is 69.6 Å². The van der Waals surface area contributed by atoms with Crippen molar-refractivity contribution >= 4 is 11.9 Å². The number of carbonyl (C=O) groups excluding carboxylic acids is 1. The van der Waals surface area contributed by atoms with Gasteiger partial charge in [0, 0.05) is 19.0 Å². The van der Waals surface area contributed by atoms with Gasteiger partial charge in [-0.1, -0.05) is 0 Å². The molecule has 1 rings (SSSR count). The summed E-state index contributed by atoms with van der Waals surface area (Å²) in [6, 6.07) is 0.605. The summed E-state index contributed by atoms with van der Waals surface area (Å²) in [5, 5.41) is 11.6. The van der Waals surface area contributed by atoms with Crippen LogP contribution in [0.4, 0.5) is 0 Å². The highest BCUT2D eigenvalue weighted by Gasteiger charge is 2.25. The molecule has 1 aliphatic rings. The van der Waals surface area contributed by atoms with Crippen molar-refractivity contribution in [2.45, 2.75) is 44.7 Å². The zero-order chi connectivity index (χ0) is 12.1. The first-order valence-corrected chi connectivity index (χ1v) is 5.68. The summed E-state index contributed by atoms with van der Waals surface area (Å²) in [5.74, 6) is -0.770. The van der Waals surface area contributed by atoms with Gasteiger partial charge in [0.25, 0.3) is 0 Å². The Morgan fingerprint density at radius 1 is 1.31 bits per heavy atom. The lowest BCUT2D eigenvalue weighted by molar-refractivity contribution is -0.138. The van der Waals surface area contributed by atoms with Crippen molar-refractivity contribution in [3.63, 3.8) is 0 Å². The molecule has 5 heteroatoms. The molecule has 1 saturated carbocycles. The molecule has 0 atom stereocenters. The maximum Gasteiger partial charge on any atom is 0.317 e. The summed E-state index contributed by atoms with van der Waals surface area (Å²) < 4.78 is 0. The Bertz CT molecular complexity index is 260. The predicted molar refractivity (Wildman–Crippen MR) is 60.1 cm³/mol. The van der Waals surface area contributed by atoms with Crippen LogP contribution in [0.1, 0.15) is 32.6 Å². The zero-order valence-corrected chi connectivity index (χ0v) is 9.90. The second-order valence-corrected chi connectivity index (χ2v) is 4.51. The maximum atomic E-state index is 10.9. The highest BCUT2D eigenvalue weighted by molar-refractivity contribution is 5.73. The van der Waals surface area contributed by atoms with Crippen molar-refractivity contribution in [2.75, 3.05) is 13.6 Å². The molecule has 92 valence electrons. The number of amides is 1. The molecule has 0 aromatic rings. The SMILES string of the molecule is CC(=O)NC1CCC(N(C)CC(=O)O)CC1. The van der Waals surface area contributed by atoms with Crippen LogP contribution in [0.5, 0.6) is 0 Å². The van der Waals surface area contributed by atoms with E-state index in [4.69, 9.17) is 5.11 Å². The van der Waals surface area contributed by atoms with Gasteiger partial charge < -0.3 is 10.4 Å². The van der Waals surface area contributed by atoms with Gasteiger partial charge in [-0.05, 0) is 32.7 Å². The lowest BCUT2D eigenvalue weighted by Crippen LogP contribution is -2.43. The van der Waals surface area contributed by atoms with Gasteiger partial charge in [0.05, 0.1) is 6.54 Å². The molecule has 1 fully saturated rings. The molecule has 16 heavy (non-hydrogen) atoms. The van der Waals surface area contributed by atoms with E-state index in [0.717, 1.165) is 25.7 Å². The van der Waals surface area contributed by atoms with Crippen molar-refractivity contribution in [3.8, 4) is 0 Å². The van der Waals surface area contributed by atoms with Gasteiger partial charge in [-0.15, -0.1) is 0 Å². The number of carboxylic acid groups (broad SMARTS) is 1. The summed E-state index contributed by atoms with van der Waals surface area (Å²) in [5.41, 5.74) is 0. The predicted octanol–water partition coefficient (Wildman–Crippen LogP) is 0.450. The van der Waals surface area contributed by atoms with Crippen LogP contribution < -0.4 is 5.32 Å². The molecule has 2 N–H and O–H groups in total. The fourth-order valence-corrected chi connectivity index (χ4v) is 2.29. The Balaban J connectivity index is 2.31. The zero-order valence-electron chi connectivity index (χ0n) is 9.90. The van der Waals surface area contributed by atoms with Gasteiger partial charge >= 0.3 is 5.97 Å². The number of hydrogen-bond acceptors (Lipinski definition) is 3. The third-order valence-electron chi connectivity index (χ3n) is 3.11. The van der Waals surface area contributed by atoms with Gasteiger partial charge in [-0.3, -0.25) is 14.5 Å². The van der Waals surface area contributed by atoms with Gasteiger partial charge in [-0.2, -0.15) is 0 Å². The highest BCUT2D eigenvalue weighted by Crippen LogP contribution is 2.22. The van der Waals surface area contributed by atoms with E-state index in [1.165, 1.54) is 6.92 Å². The molecule has 1 aliphatic carbocycles. The van der Waals surface area contributed by atoms with Crippen LogP contribution in [0, 0.1) is 0 Å². The van der Waals surface area contributed by atoms with Crippen LogP contribution in [0.15, 0.2) is 0 Å². The Labute approximate surface area is 95.8 Å². The Morgan fingerprint density at radius 2 is 1.88 bits per heavy atom. The van der Waals surface area contributed by atoms with E-state index < -0.39 is 5.97 Å². The summed E-state index contributed by atoms with van der Waals surface area (Å²) in [6.45, 7) is 1.62. The number of rotatable bonds is 4. The number of hydrogen-bond donors (Lipinski definition) is 2. The van der Waals surface area contributed by atoms with Crippen molar-refractivity contribution in [3.05, 3.63) is 0 Å². The average molecular weight is 228 g/mol. The third-order valence-corrected chi connectivity index (χ3v) is 3.11. The molecule has 0 heterocycles. The maximum absolute atomic E-state index is 10.9. The van der Waals surface area contributed by atoms with E-state index in [1.54, 1.807) is 0 Å². The first-order valence-electron chi connectivity index (χ1n) is 5.68. The molecule has 0 unspecified atom stereocenters. The molecule has 0 saturated heterocycles. The largest absolute Gasteiger partial charge is 0.480 e. The minimum absolute atomic E-state index is 0.0161. The third kappa shape index (κ3) is 4.18. The van der Waals surface area contributed by atoms with Crippen LogP contribution in [0.3, 0.4) is 0 Å². The lowest BCUT2D eigenvalue weighted by atomic mass is 9.90.